The van der Waals surface area contributed by atoms with Crippen molar-refractivity contribution in [3.63, 3.8) is 0 Å². The van der Waals surface area contributed by atoms with E-state index in [0.29, 0.717) is 16.3 Å². The SMILES string of the molecule is O=C(O)CC(NC(=O)c1cc(O)n(-c2ccc(Cl)cc2)n1)c1ccc(F)cc1. The van der Waals surface area contributed by atoms with Gasteiger partial charge in [-0.25, -0.2) is 9.07 Å². The highest BCUT2D eigenvalue weighted by atomic mass is 35.5. The number of carboxylic acid groups (broad SMARTS) is 1. The Balaban J connectivity index is 1.83. The number of carbonyl (C=O) groups excluding carboxylic acids is 1. The van der Waals surface area contributed by atoms with Crippen molar-refractivity contribution < 1.29 is 24.2 Å². The highest BCUT2D eigenvalue weighted by molar-refractivity contribution is 6.30. The molecule has 0 bridgehead atoms. The zero-order valence-corrected chi connectivity index (χ0v) is 15.1. The number of hydrogen-bond acceptors (Lipinski definition) is 4. The van der Waals surface area contributed by atoms with Crippen molar-refractivity contribution >= 4 is 23.5 Å². The number of amides is 1. The Morgan fingerprint density at radius 3 is 2.39 bits per heavy atom. The number of hydrogen-bond donors (Lipinski definition) is 3. The van der Waals surface area contributed by atoms with Crippen molar-refractivity contribution in [2.75, 3.05) is 0 Å². The molecule has 0 saturated heterocycles. The topological polar surface area (TPSA) is 104 Å². The minimum atomic E-state index is -1.14. The van der Waals surface area contributed by atoms with Crippen LogP contribution in [0.2, 0.25) is 5.02 Å². The third-order valence-corrected chi connectivity index (χ3v) is 4.20. The second-order valence-corrected chi connectivity index (χ2v) is 6.39. The largest absolute Gasteiger partial charge is 0.493 e. The number of aromatic hydroxyl groups is 1. The summed E-state index contributed by atoms with van der Waals surface area (Å²) < 4.78 is 14.3. The van der Waals surface area contributed by atoms with Crippen LogP contribution in [0, 0.1) is 5.82 Å². The molecule has 3 aromatic rings. The van der Waals surface area contributed by atoms with E-state index < -0.39 is 30.2 Å². The Kier molecular flexibility index (Phi) is 5.60. The zero-order chi connectivity index (χ0) is 20.3. The smallest absolute Gasteiger partial charge is 0.305 e. The van der Waals surface area contributed by atoms with Crippen molar-refractivity contribution in [2.45, 2.75) is 12.5 Å². The molecule has 1 heterocycles. The van der Waals surface area contributed by atoms with Crippen LogP contribution in [0.4, 0.5) is 4.39 Å². The quantitative estimate of drug-likeness (QED) is 0.585. The Morgan fingerprint density at radius 2 is 1.79 bits per heavy atom. The maximum absolute atomic E-state index is 13.1. The summed E-state index contributed by atoms with van der Waals surface area (Å²) in [5.74, 6) is -2.57. The van der Waals surface area contributed by atoms with Crippen LogP contribution in [0.25, 0.3) is 5.69 Å². The Labute approximate surface area is 164 Å². The lowest BCUT2D eigenvalue weighted by atomic mass is 10.0. The molecule has 9 heteroatoms. The van der Waals surface area contributed by atoms with Gasteiger partial charge < -0.3 is 15.5 Å². The molecule has 0 radical (unpaired) electrons. The molecule has 0 aliphatic heterocycles. The van der Waals surface area contributed by atoms with Gasteiger partial charge in [-0.05, 0) is 42.0 Å². The average Bonchev–Trinajstić information content (AvgIpc) is 3.04. The van der Waals surface area contributed by atoms with Gasteiger partial charge in [-0.1, -0.05) is 23.7 Å². The van der Waals surface area contributed by atoms with E-state index in [-0.39, 0.29) is 11.6 Å². The van der Waals surface area contributed by atoms with Crippen molar-refractivity contribution in [1.29, 1.82) is 0 Å². The second-order valence-electron chi connectivity index (χ2n) is 5.95. The first-order valence-electron chi connectivity index (χ1n) is 8.16. The van der Waals surface area contributed by atoms with E-state index in [0.717, 1.165) is 10.7 Å². The normalized spacial score (nSPS) is 11.8. The standard InChI is InChI=1S/C19H15ClFN3O4/c20-12-3-7-14(8-4-12)24-17(25)9-16(23-24)19(28)22-15(10-18(26)27)11-1-5-13(21)6-2-11/h1-9,15,25H,10H2,(H,22,28)(H,26,27). The Morgan fingerprint density at radius 1 is 1.14 bits per heavy atom. The molecule has 0 aliphatic rings. The molecule has 3 rings (SSSR count). The highest BCUT2D eigenvalue weighted by Gasteiger charge is 2.22. The van der Waals surface area contributed by atoms with E-state index >= 15 is 0 Å². The number of carbonyl (C=O) groups is 2. The number of benzene rings is 2. The summed E-state index contributed by atoms with van der Waals surface area (Å²) in [4.78, 5) is 23.7. The molecule has 144 valence electrons. The minimum Gasteiger partial charge on any atom is -0.493 e. The molecular formula is C19H15ClFN3O4. The molecule has 2 aromatic carbocycles. The van der Waals surface area contributed by atoms with Gasteiger partial charge in [-0.3, -0.25) is 9.59 Å². The minimum absolute atomic E-state index is 0.107. The fraction of sp³-hybridized carbons (Fsp3) is 0.105. The van der Waals surface area contributed by atoms with Gasteiger partial charge in [0.25, 0.3) is 5.91 Å². The van der Waals surface area contributed by atoms with E-state index in [1.54, 1.807) is 24.3 Å². The molecule has 0 saturated carbocycles. The third-order valence-electron chi connectivity index (χ3n) is 3.95. The number of nitrogens with zero attached hydrogens (tertiary/aromatic N) is 2. The molecule has 7 nitrogen and oxygen atoms in total. The number of rotatable bonds is 6. The summed E-state index contributed by atoms with van der Waals surface area (Å²) in [5.41, 5.74) is 0.810. The summed E-state index contributed by atoms with van der Waals surface area (Å²) in [5, 5.41) is 26.3. The Bertz CT molecular complexity index is 1000. The zero-order valence-electron chi connectivity index (χ0n) is 14.3. The maximum Gasteiger partial charge on any atom is 0.305 e. The van der Waals surface area contributed by atoms with Crippen LogP contribution in [-0.2, 0) is 4.79 Å². The summed E-state index contributed by atoms with van der Waals surface area (Å²) in [7, 11) is 0. The van der Waals surface area contributed by atoms with Crippen molar-refractivity contribution in [3.05, 3.63) is 76.7 Å². The van der Waals surface area contributed by atoms with Gasteiger partial charge in [-0.15, -0.1) is 0 Å². The monoisotopic (exact) mass is 403 g/mol. The van der Waals surface area contributed by atoms with E-state index in [9.17, 15) is 19.1 Å². The lowest BCUT2D eigenvalue weighted by Gasteiger charge is -2.16. The van der Waals surface area contributed by atoms with Gasteiger partial charge in [0, 0.05) is 11.1 Å². The third kappa shape index (κ3) is 4.47. The van der Waals surface area contributed by atoms with Crippen LogP contribution in [0.5, 0.6) is 5.88 Å². The molecule has 0 fully saturated rings. The van der Waals surface area contributed by atoms with Gasteiger partial charge in [0.2, 0.25) is 5.88 Å². The van der Waals surface area contributed by atoms with E-state index in [2.05, 4.69) is 10.4 Å². The lowest BCUT2D eigenvalue weighted by Crippen LogP contribution is -2.30. The predicted octanol–water partition coefficient (Wildman–Crippen LogP) is 3.32. The molecule has 1 aromatic heterocycles. The van der Waals surface area contributed by atoms with Gasteiger partial charge >= 0.3 is 5.97 Å². The van der Waals surface area contributed by atoms with Crippen molar-refractivity contribution in [3.8, 4) is 11.6 Å². The van der Waals surface area contributed by atoms with Gasteiger partial charge in [0.15, 0.2) is 5.69 Å². The maximum atomic E-state index is 13.1. The molecule has 28 heavy (non-hydrogen) atoms. The first-order valence-corrected chi connectivity index (χ1v) is 8.54. The summed E-state index contributed by atoms with van der Waals surface area (Å²) in [6.07, 6.45) is -0.402. The number of aromatic nitrogens is 2. The van der Waals surface area contributed by atoms with Crippen molar-refractivity contribution in [1.82, 2.24) is 15.1 Å². The van der Waals surface area contributed by atoms with E-state index in [1.165, 1.54) is 24.3 Å². The van der Waals surface area contributed by atoms with Gasteiger partial charge in [0.05, 0.1) is 18.2 Å². The van der Waals surface area contributed by atoms with E-state index in [4.69, 9.17) is 16.7 Å². The Hall–Kier alpha value is -3.39. The number of carboxylic acids is 1. The molecule has 1 amide bonds. The molecule has 3 N–H and O–H groups in total. The van der Waals surface area contributed by atoms with Crippen LogP contribution in [0.1, 0.15) is 28.5 Å². The van der Waals surface area contributed by atoms with Crippen LogP contribution in [0.3, 0.4) is 0 Å². The van der Waals surface area contributed by atoms with Gasteiger partial charge in [-0.2, -0.15) is 5.10 Å². The van der Waals surface area contributed by atoms with Gasteiger partial charge in [0.1, 0.15) is 5.82 Å². The molecule has 1 unspecified atom stereocenters. The van der Waals surface area contributed by atoms with Crippen LogP contribution in [0.15, 0.2) is 54.6 Å². The number of halogens is 2. The number of nitrogens with one attached hydrogen (secondary N) is 1. The summed E-state index contributed by atoms with van der Waals surface area (Å²) in [6.45, 7) is 0. The highest BCUT2D eigenvalue weighted by Crippen LogP contribution is 2.22. The first kappa shape index (κ1) is 19.4. The predicted molar refractivity (Wildman–Crippen MR) is 99.1 cm³/mol. The first-order chi connectivity index (χ1) is 13.3. The average molecular weight is 404 g/mol. The van der Waals surface area contributed by atoms with Crippen LogP contribution >= 0.6 is 11.6 Å². The number of aliphatic carboxylic acids is 1. The molecule has 0 spiro atoms. The molecule has 0 aliphatic carbocycles. The molecule has 1 atom stereocenters. The molecular weight excluding hydrogens is 389 g/mol. The van der Waals surface area contributed by atoms with E-state index in [1.807, 2.05) is 0 Å². The second kappa shape index (κ2) is 8.10. The fourth-order valence-corrected chi connectivity index (χ4v) is 2.73. The lowest BCUT2D eigenvalue weighted by molar-refractivity contribution is -0.137. The summed E-state index contributed by atoms with van der Waals surface area (Å²) >= 11 is 5.83. The fourth-order valence-electron chi connectivity index (χ4n) is 2.61. The van der Waals surface area contributed by atoms with Crippen LogP contribution in [-0.4, -0.2) is 31.9 Å². The summed E-state index contributed by atoms with van der Waals surface area (Å²) in [6, 6.07) is 11.9. The van der Waals surface area contributed by atoms with Crippen molar-refractivity contribution in [2.24, 2.45) is 0 Å². The van der Waals surface area contributed by atoms with Crippen LogP contribution < -0.4 is 5.32 Å².